The molecule has 0 bridgehead atoms. The Labute approximate surface area is 124 Å². The first-order chi connectivity index (χ1) is 10.2. The number of nitro groups is 1. The van der Waals surface area contributed by atoms with Crippen LogP contribution in [0.15, 0.2) is 48.5 Å². The summed E-state index contributed by atoms with van der Waals surface area (Å²) in [5, 5.41) is 19.4. The predicted molar refractivity (Wildman–Crippen MR) is 81.1 cm³/mol. The second-order valence-corrected chi connectivity index (χ2v) is 4.01. The summed E-state index contributed by atoms with van der Waals surface area (Å²) in [6.07, 6.45) is 0. The minimum absolute atomic E-state index is 0.00261. The van der Waals surface area contributed by atoms with Gasteiger partial charge in [0.25, 0.3) is 5.69 Å². The van der Waals surface area contributed by atoms with Gasteiger partial charge < -0.3 is 9.84 Å². The molecule has 0 aromatic heterocycles. The molecule has 0 fully saturated rings. The van der Waals surface area contributed by atoms with Gasteiger partial charge in [-0.25, -0.2) is 0 Å². The molecule has 5 heteroatoms. The van der Waals surface area contributed by atoms with Gasteiger partial charge in [0.2, 0.25) is 0 Å². The Morgan fingerprint density at radius 2 is 1.52 bits per heavy atom. The van der Waals surface area contributed by atoms with Gasteiger partial charge in [0.15, 0.2) is 0 Å². The highest BCUT2D eigenvalue weighted by Gasteiger charge is 2.04. The Kier molecular flexibility index (Phi) is 6.91. The monoisotopic (exact) mass is 289 g/mol. The molecular formula is C16H19NO4. The average molecular weight is 289 g/mol. The minimum atomic E-state index is -0.432. The lowest BCUT2D eigenvalue weighted by Gasteiger charge is -2.06. The molecule has 0 aliphatic rings. The van der Waals surface area contributed by atoms with Crippen molar-refractivity contribution in [2.75, 3.05) is 0 Å². The number of hydrogen-bond acceptors (Lipinski definition) is 4. The van der Waals surface area contributed by atoms with E-state index in [0.717, 1.165) is 11.1 Å². The molecule has 0 atom stereocenters. The van der Waals surface area contributed by atoms with E-state index in [1.807, 2.05) is 13.8 Å². The van der Waals surface area contributed by atoms with Crippen LogP contribution in [0.5, 0.6) is 5.75 Å². The number of nitro benzene ring substituents is 1. The summed E-state index contributed by atoms with van der Waals surface area (Å²) in [7, 11) is 0. The van der Waals surface area contributed by atoms with Crippen LogP contribution in [-0.4, -0.2) is 10.0 Å². The van der Waals surface area contributed by atoms with Crippen LogP contribution in [0.3, 0.4) is 0 Å². The van der Waals surface area contributed by atoms with Gasteiger partial charge in [-0.2, -0.15) is 0 Å². The largest absolute Gasteiger partial charge is 0.489 e. The summed E-state index contributed by atoms with van der Waals surface area (Å²) in [6, 6.07) is 13.4. The molecule has 21 heavy (non-hydrogen) atoms. The predicted octanol–water partition coefficient (Wildman–Crippen LogP) is 3.69. The molecule has 5 nitrogen and oxygen atoms in total. The molecule has 2 aromatic carbocycles. The van der Waals surface area contributed by atoms with Crippen molar-refractivity contribution in [3.63, 3.8) is 0 Å². The zero-order valence-electron chi connectivity index (χ0n) is 12.2. The number of aliphatic hydroxyl groups excluding tert-OH is 1. The van der Waals surface area contributed by atoms with Gasteiger partial charge in [-0.1, -0.05) is 26.0 Å². The van der Waals surface area contributed by atoms with Gasteiger partial charge in [-0.05, 0) is 35.4 Å². The normalized spacial score (nSPS) is 9.48. The van der Waals surface area contributed by atoms with Crippen molar-refractivity contribution in [1.29, 1.82) is 0 Å². The minimum Gasteiger partial charge on any atom is -0.489 e. The Balaban J connectivity index is 0.00000106. The van der Waals surface area contributed by atoms with E-state index in [2.05, 4.69) is 0 Å². The maximum atomic E-state index is 10.5. The highest BCUT2D eigenvalue weighted by molar-refractivity contribution is 5.33. The first-order valence-electron chi connectivity index (χ1n) is 6.75. The van der Waals surface area contributed by atoms with Gasteiger partial charge >= 0.3 is 0 Å². The van der Waals surface area contributed by atoms with E-state index in [9.17, 15) is 10.1 Å². The number of hydrogen-bond donors (Lipinski definition) is 1. The SMILES string of the molecule is CC.O=[N+]([O-])c1ccc(COc2ccc(CO)cc2)cc1. The molecule has 0 amide bonds. The van der Waals surface area contributed by atoms with Gasteiger partial charge in [-0.15, -0.1) is 0 Å². The number of nitrogens with zero attached hydrogens (tertiary/aromatic N) is 1. The van der Waals surface area contributed by atoms with Gasteiger partial charge in [0.05, 0.1) is 11.5 Å². The number of aliphatic hydroxyl groups is 1. The lowest BCUT2D eigenvalue weighted by molar-refractivity contribution is -0.384. The molecule has 0 radical (unpaired) electrons. The number of ether oxygens (including phenoxy) is 1. The van der Waals surface area contributed by atoms with Crippen LogP contribution >= 0.6 is 0 Å². The maximum Gasteiger partial charge on any atom is 0.269 e. The summed E-state index contributed by atoms with van der Waals surface area (Å²) >= 11 is 0. The van der Waals surface area contributed by atoms with Crippen molar-refractivity contribution in [3.8, 4) is 5.75 Å². The van der Waals surface area contributed by atoms with E-state index in [4.69, 9.17) is 9.84 Å². The Bertz CT molecular complexity index is 549. The van der Waals surface area contributed by atoms with Gasteiger partial charge in [0.1, 0.15) is 12.4 Å². The summed E-state index contributed by atoms with van der Waals surface area (Å²) in [5.74, 6) is 0.690. The fraction of sp³-hybridized carbons (Fsp3) is 0.250. The third-order valence-corrected chi connectivity index (χ3v) is 2.66. The molecule has 0 saturated carbocycles. The topological polar surface area (TPSA) is 72.6 Å². The lowest BCUT2D eigenvalue weighted by Crippen LogP contribution is -1.96. The summed E-state index contributed by atoms with van der Waals surface area (Å²) in [6.45, 7) is 4.35. The smallest absolute Gasteiger partial charge is 0.269 e. The summed E-state index contributed by atoms with van der Waals surface area (Å²) in [4.78, 5) is 10.1. The molecule has 2 aromatic rings. The number of non-ortho nitro benzene ring substituents is 1. The zero-order chi connectivity index (χ0) is 15.7. The van der Waals surface area contributed by atoms with Crippen LogP contribution in [0, 0.1) is 10.1 Å². The number of rotatable bonds is 5. The molecular weight excluding hydrogens is 270 g/mol. The third-order valence-electron chi connectivity index (χ3n) is 2.66. The van der Waals surface area contributed by atoms with E-state index in [1.165, 1.54) is 12.1 Å². The Morgan fingerprint density at radius 3 is 2.00 bits per heavy atom. The molecule has 0 unspecified atom stereocenters. The van der Waals surface area contributed by atoms with E-state index in [-0.39, 0.29) is 12.3 Å². The second kappa shape index (κ2) is 8.71. The standard InChI is InChI=1S/C14H13NO4.C2H6/c16-9-11-3-7-14(8-4-11)19-10-12-1-5-13(6-2-12)15(17)18;1-2/h1-8,16H,9-10H2;1-2H3. The van der Waals surface area contributed by atoms with E-state index >= 15 is 0 Å². The average Bonchev–Trinajstić information content (AvgIpc) is 2.55. The van der Waals surface area contributed by atoms with Crippen LogP contribution < -0.4 is 4.74 Å². The number of benzene rings is 2. The quantitative estimate of drug-likeness (QED) is 0.673. The van der Waals surface area contributed by atoms with Crippen molar-refractivity contribution in [2.45, 2.75) is 27.1 Å². The fourth-order valence-corrected chi connectivity index (χ4v) is 1.57. The first kappa shape index (κ1) is 16.7. The van der Waals surface area contributed by atoms with Gasteiger partial charge in [0, 0.05) is 12.1 Å². The lowest BCUT2D eigenvalue weighted by atomic mass is 10.2. The van der Waals surface area contributed by atoms with E-state index in [0.29, 0.717) is 12.4 Å². The molecule has 2 rings (SSSR count). The summed E-state index contributed by atoms with van der Waals surface area (Å²) < 4.78 is 5.54. The molecule has 1 N–H and O–H groups in total. The van der Waals surface area contributed by atoms with Crippen LogP contribution in [-0.2, 0) is 13.2 Å². The van der Waals surface area contributed by atoms with Gasteiger partial charge in [-0.3, -0.25) is 10.1 Å². The highest BCUT2D eigenvalue weighted by Crippen LogP contribution is 2.16. The first-order valence-corrected chi connectivity index (χ1v) is 6.75. The molecule has 0 saturated heterocycles. The molecule has 0 aliphatic heterocycles. The van der Waals surface area contributed by atoms with Crippen LogP contribution in [0.2, 0.25) is 0 Å². The molecule has 0 aliphatic carbocycles. The second-order valence-electron chi connectivity index (χ2n) is 4.01. The third kappa shape index (κ3) is 5.24. The Morgan fingerprint density at radius 1 is 1.00 bits per heavy atom. The molecule has 0 spiro atoms. The van der Waals surface area contributed by atoms with Crippen molar-refractivity contribution >= 4 is 5.69 Å². The maximum absolute atomic E-state index is 10.5. The van der Waals surface area contributed by atoms with E-state index < -0.39 is 4.92 Å². The summed E-state index contributed by atoms with van der Waals surface area (Å²) in [5.41, 5.74) is 1.75. The Hall–Kier alpha value is -2.40. The van der Waals surface area contributed by atoms with Crippen LogP contribution in [0.4, 0.5) is 5.69 Å². The van der Waals surface area contributed by atoms with E-state index in [1.54, 1.807) is 36.4 Å². The van der Waals surface area contributed by atoms with Crippen molar-refractivity contribution in [1.82, 2.24) is 0 Å². The molecule has 0 heterocycles. The van der Waals surface area contributed by atoms with Crippen molar-refractivity contribution in [2.24, 2.45) is 0 Å². The molecule has 112 valence electrons. The van der Waals surface area contributed by atoms with Crippen LogP contribution in [0.1, 0.15) is 25.0 Å². The zero-order valence-corrected chi connectivity index (χ0v) is 12.2. The van der Waals surface area contributed by atoms with Crippen molar-refractivity contribution < 1.29 is 14.8 Å². The van der Waals surface area contributed by atoms with Crippen LogP contribution in [0.25, 0.3) is 0 Å². The highest BCUT2D eigenvalue weighted by atomic mass is 16.6. The van der Waals surface area contributed by atoms with Crippen molar-refractivity contribution in [3.05, 3.63) is 69.8 Å². The fourth-order valence-electron chi connectivity index (χ4n) is 1.57.